The van der Waals surface area contributed by atoms with E-state index >= 15 is 0 Å². The third-order valence-corrected chi connectivity index (χ3v) is 18.5. The maximum atomic E-state index is 13.0. The number of aliphatic hydroxyl groups is 1. The lowest BCUT2D eigenvalue weighted by Crippen LogP contribution is -2.30. The number of phosphoric acid groups is 2. The van der Waals surface area contributed by atoms with Gasteiger partial charge >= 0.3 is 39.5 Å². The molecule has 91 heavy (non-hydrogen) atoms. The maximum absolute atomic E-state index is 13.0. The summed E-state index contributed by atoms with van der Waals surface area (Å²) in [4.78, 5) is 72.6. The molecule has 3 unspecified atom stereocenters. The van der Waals surface area contributed by atoms with Crippen molar-refractivity contribution in [3.8, 4) is 0 Å². The largest absolute Gasteiger partial charge is 0.472 e. The number of phosphoric ester groups is 2. The molecule has 0 spiro atoms. The first-order valence-electron chi connectivity index (χ1n) is 37.2. The predicted octanol–water partition coefficient (Wildman–Crippen LogP) is 20.5. The molecule has 0 radical (unpaired) electrons. The highest BCUT2D eigenvalue weighted by Crippen LogP contribution is 2.45. The lowest BCUT2D eigenvalue weighted by molar-refractivity contribution is -0.161. The molecule has 0 aromatic carbocycles. The molecular weight excluding hydrogens is 1200 g/mol. The number of carbonyl (C=O) groups excluding carboxylic acids is 4. The van der Waals surface area contributed by atoms with Crippen LogP contribution in [-0.4, -0.2) is 96.7 Å². The summed E-state index contributed by atoms with van der Waals surface area (Å²) in [6.45, 7) is 14.1. The highest BCUT2D eigenvalue weighted by molar-refractivity contribution is 7.47. The Balaban J connectivity index is 5.26. The van der Waals surface area contributed by atoms with Gasteiger partial charge in [0, 0.05) is 25.7 Å². The van der Waals surface area contributed by atoms with Gasteiger partial charge in [-0.25, -0.2) is 9.13 Å². The van der Waals surface area contributed by atoms with Gasteiger partial charge in [0.15, 0.2) is 12.2 Å². The quantitative estimate of drug-likeness (QED) is 0.0222. The molecule has 3 N–H and O–H groups in total. The normalized spacial score (nSPS) is 14.2. The van der Waals surface area contributed by atoms with Crippen molar-refractivity contribution in [3.05, 3.63) is 0 Å². The van der Waals surface area contributed by atoms with Crippen LogP contribution in [0.25, 0.3) is 0 Å². The van der Waals surface area contributed by atoms with E-state index in [0.29, 0.717) is 31.6 Å². The van der Waals surface area contributed by atoms with E-state index in [9.17, 15) is 43.2 Å². The van der Waals surface area contributed by atoms with Crippen molar-refractivity contribution < 1.29 is 80.2 Å². The van der Waals surface area contributed by atoms with Gasteiger partial charge in [-0.15, -0.1) is 0 Å². The number of esters is 4. The van der Waals surface area contributed by atoms with Crippen molar-refractivity contribution in [2.24, 2.45) is 23.7 Å². The fourth-order valence-electron chi connectivity index (χ4n) is 10.8. The van der Waals surface area contributed by atoms with Crippen LogP contribution in [0.4, 0.5) is 0 Å². The summed E-state index contributed by atoms with van der Waals surface area (Å²) in [6, 6.07) is 0. The van der Waals surface area contributed by atoms with Crippen LogP contribution in [0.3, 0.4) is 0 Å². The van der Waals surface area contributed by atoms with Crippen LogP contribution >= 0.6 is 15.6 Å². The van der Waals surface area contributed by atoms with Gasteiger partial charge in [0.25, 0.3) is 0 Å². The monoisotopic (exact) mass is 1340 g/mol. The predicted molar refractivity (Wildman–Crippen MR) is 367 cm³/mol. The third-order valence-electron chi connectivity index (χ3n) is 16.6. The number of hydrogen-bond acceptors (Lipinski definition) is 15. The Hall–Kier alpha value is -1.94. The SMILES string of the molecule is CC(C)CCCCCCCCCCCCCCC(=O)O[C@H](COC(=O)CCCCCCCCCCCC(C)C)COP(=O)(O)OCC(O)COP(=O)(O)OC[C@@H](COC(=O)CCCCCCCCCC(C)C)OC(=O)CCCCCCCCCCCCCC(C)C. The molecule has 19 heteroatoms. The Bertz CT molecular complexity index is 1800. The molecule has 0 aliphatic rings. The average Bonchev–Trinajstić information content (AvgIpc) is 3.67. The van der Waals surface area contributed by atoms with Crippen LogP contribution < -0.4 is 0 Å². The Labute approximate surface area is 556 Å². The number of carbonyl (C=O) groups is 4. The zero-order valence-corrected chi connectivity index (χ0v) is 61.3. The summed E-state index contributed by atoms with van der Waals surface area (Å²) in [7, 11) is -9.91. The van der Waals surface area contributed by atoms with Gasteiger partial charge < -0.3 is 33.8 Å². The molecule has 0 amide bonds. The number of aliphatic hydroxyl groups excluding tert-OH is 1. The van der Waals surface area contributed by atoms with E-state index in [4.69, 9.17) is 37.0 Å². The first-order valence-corrected chi connectivity index (χ1v) is 40.2. The van der Waals surface area contributed by atoms with Crippen LogP contribution in [0.15, 0.2) is 0 Å². The summed E-state index contributed by atoms with van der Waals surface area (Å²) >= 11 is 0. The van der Waals surface area contributed by atoms with Gasteiger partial charge in [0.05, 0.1) is 26.4 Å². The second-order valence-corrected chi connectivity index (χ2v) is 30.8. The number of hydrogen-bond donors (Lipinski definition) is 3. The Morgan fingerprint density at radius 3 is 0.681 bits per heavy atom. The van der Waals surface area contributed by atoms with E-state index in [2.05, 4.69) is 55.4 Å². The topological polar surface area (TPSA) is 237 Å². The Morgan fingerprint density at radius 2 is 0.462 bits per heavy atom. The van der Waals surface area contributed by atoms with E-state index in [-0.39, 0.29) is 25.7 Å². The van der Waals surface area contributed by atoms with E-state index in [1.165, 1.54) is 154 Å². The van der Waals surface area contributed by atoms with E-state index in [1.54, 1.807) is 0 Å². The van der Waals surface area contributed by atoms with E-state index in [1.807, 2.05) is 0 Å². The van der Waals surface area contributed by atoms with Gasteiger partial charge in [-0.3, -0.25) is 37.3 Å². The van der Waals surface area contributed by atoms with Gasteiger partial charge in [-0.05, 0) is 49.4 Å². The summed E-state index contributed by atoms with van der Waals surface area (Å²) in [5.74, 6) is 0.864. The highest BCUT2D eigenvalue weighted by Gasteiger charge is 2.30. The minimum atomic E-state index is -4.95. The summed E-state index contributed by atoms with van der Waals surface area (Å²) in [6.07, 6.45) is 44.5. The van der Waals surface area contributed by atoms with Gasteiger partial charge in [0.1, 0.15) is 19.3 Å². The summed E-state index contributed by atoms with van der Waals surface area (Å²) in [5, 5.41) is 10.6. The van der Waals surface area contributed by atoms with Crippen LogP contribution in [0.1, 0.15) is 357 Å². The minimum absolute atomic E-state index is 0.105. The Morgan fingerprint density at radius 1 is 0.275 bits per heavy atom. The first-order chi connectivity index (χ1) is 43.6. The molecule has 5 atom stereocenters. The van der Waals surface area contributed by atoms with Gasteiger partial charge in [0.2, 0.25) is 0 Å². The summed E-state index contributed by atoms with van der Waals surface area (Å²) < 4.78 is 68.4. The molecule has 0 heterocycles. The van der Waals surface area contributed by atoms with Crippen LogP contribution in [0.5, 0.6) is 0 Å². The Kier molecular flexibility index (Phi) is 60.3. The van der Waals surface area contributed by atoms with E-state index in [0.717, 1.165) is 114 Å². The van der Waals surface area contributed by atoms with Crippen LogP contribution in [0.2, 0.25) is 0 Å². The van der Waals surface area contributed by atoms with Crippen molar-refractivity contribution in [1.29, 1.82) is 0 Å². The van der Waals surface area contributed by atoms with Crippen LogP contribution in [-0.2, 0) is 65.4 Å². The van der Waals surface area contributed by atoms with Crippen molar-refractivity contribution in [1.82, 2.24) is 0 Å². The third kappa shape index (κ3) is 66.5. The zero-order valence-electron chi connectivity index (χ0n) is 59.5. The minimum Gasteiger partial charge on any atom is -0.462 e. The fourth-order valence-corrected chi connectivity index (χ4v) is 12.4. The second kappa shape index (κ2) is 61.6. The van der Waals surface area contributed by atoms with E-state index < -0.39 is 97.5 Å². The zero-order chi connectivity index (χ0) is 67.5. The summed E-state index contributed by atoms with van der Waals surface area (Å²) in [5.41, 5.74) is 0. The highest BCUT2D eigenvalue weighted by atomic mass is 31.2. The molecule has 0 bridgehead atoms. The molecule has 0 rings (SSSR count). The molecule has 0 saturated carbocycles. The molecule has 0 aromatic heterocycles. The van der Waals surface area contributed by atoms with Gasteiger partial charge in [-0.2, -0.15) is 0 Å². The number of unbranched alkanes of at least 4 members (excludes halogenated alkanes) is 35. The maximum Gasteiger partial charge on any atom is 0.472 e. The second-order valence-electron chi connectivity index (χ2n) is 27.9. The lowest BCUT2D eigenvalue weighted by Gasteiger charge is -2.21. The fraction of sp³-hybridized carbons (Fsp3) is 0.944. The van der Waals surface area contributed by atoms with Crippen molar-refractivity contribution >= 4 is 39.5 Å². The van der Waals surface area contributed by atoms with Crippen LogP contribution in [0, 0.1) is 23.7 Å². The smallest absolute Gasteiger partial charge is 0.462 e. The standard InChI is InChI=1S/C72H140O17P2/c1-62(2)48-40-32-24-17-12-9-10-14-20-29-38-46-54-71(76)88-67(58-82-69(74)52-44-36-28-22-16-19-26-34-42-50-64(5)6)60-86-90(78,79)84-56-66(73)57-85-91(80,81)87-61-68(59-83-70(75)53-45-37-31-23-27-35-43-51-65(7)8)89-72(77)55-47-39-30-21-15-11-13-18-25-33-41-49-63(3)4/h62-68,73H,9-61H2,1-8H3,(H,78,79)(H,80,81)/t66?,67-,68-/m1/s1. The molecule has 0 fully saturated rings. The molecule has 0 saturated heterocycles. The molecule has 0 aliphatic heterocycles. The first kappa shape index (κ1) is 89.1. The lowest BCUT2D eigenvalue weighted by atomic mass is 10.0. The van der Waals surface area contributed by atoms with Crippen molar-refractivity contribution in [2.45, 2.75) is 375 Å². The number of rotatable bonds is 69. The molecule has 540 valence electrons. The van der Waals surface area contributed by atoms with Crippen molar-refractivity contribution in [2.75, 3.05) is 39.6 Å². The molecule has 0 aliphatic carbocycles. The molecule has 17 nitrogen and oxygen atoms in total. The number of ether oxygens (including phenoxy) is 4. The molecule has 0 aromatic rings. The van der Waals surface area contributed by atoms with Gasteiger partial charge in [-0.1, -0.05) is 306 Å². The average molecular weight is 1340 g/mol. The molecular formula is C72H140O17P2. The van der Waals surface area contributed by atoms with Crippen molar-refractivity contribution in [3.63, 3.8) is 0 Å².